The first kappa shape index (κ1) is 21.2. The molecule has 0 spiro atoms. The molecule has 8 heteroatoms. The van der Waals surface area contributed by atoms with Gasteiger partial charge in [-0.25, -0.2) is 4.79 Å². The molecule has 0 bridgehead atoms. The second-order valence-electron chi connectivity index (χ2n) is 8.31. The summed E-state index contributed by atoms with van der Waals surface area (Å²) in [6, 6.07) is 16.1. The molecule has 33 heavy (non-hydrogen) atoms. The third-order valence-electron chi connectivity index (χ3n) is 6.32. The van der Waals surface area contributed by atoms with Crippen LogP contribution in [0.15, 0.2) is 70.0 Å². The maximum Gasteiger partial charge on any atom is 0.338 e. The third-order valence-corrected chi connectivity index (χ3v) is 6.32. The molecule has 5 rings (SSSR count). The first-order chi connectivity index (χ1) is 16.1. The molecule has 4 aromatic rings. The van der Waals surface area contributed by atoms with Crippen LogP contribution in [0.4, 0.5) is 5.69 Å². The lowest BCUT2D eigenvalue weighted by Gasteiger charge is -2.37. The average Bonchev–Trinajstić information content (AvgIpc) is 3.23. The smallest absolute Gasteiger partial charge is 0.338 e. The van der Waals surface area contributed by atoms with Gasteiger partial charge < -0.3 is 19.8 Å². The minimum absolute atomic E-state index is 0.373. The molecule has 1 aliphatic rings. The van der Waals surface area contributed by atoms with Crippen LogP contribution in [0.3, 0.4) is 0 Å². The fraction of sp³-hybridized carbons (Fsp3) is 0.280. The Hall–Kier alpha value is -3.62. The van der Waals surface area contributed by atoms with Crippen molar-refractivity contribution >= 4 is 33.5 Å². The summed E-state index contributed by atoms with van der Waals surface area (Å²) < 4.78 is 5.25. The lowest BCUT2D eigenvalue weighted by Crippen LogP contribution is -2.50. The normalized spacial score (nSPS) is 16.2. The highest BCUT2D eigenvalue weighted by molar-refractivity contribution is 5.90. The Balaban J connectivity index is 1.21. The Morgan fingerprint density at radius 3 is 2.58 bits per heavy atom. The molecule has 1 atom stereocenters. The molecule has 0 saturated carbocycles. The summed E-state index contributed by atoms with van der Waals surface area (Å²) in [5.74, 6) is -0.829. The molecule has 1 aliphatic heterocycles. The number of benzene rings is 2. The number of anilines is 1. The Morgan fingerprint density at radius 1 is 1.06 bits per heavy atom. The molecular formula is C25H26N4O4. The largest absolute Gasteiger partial charge is 0.480 e. The third kappa shape index (κ3) is 4.35. The first-order valence-corrected chi connectivity index (χ1v) is 11.1. The SMILES string of the molecule is O=C(O)C(c1c[nH]c2ccccc12)N1CCN(CCNc2cc(=O)oc3ccccc23)CC1. The zero-order valence-electron chi connectivity index (χ0n) is 18.2. The number of hydrogen-bond acceptors (Lipinski definition) is 6. The lowest BCUT2D eigenvalue weighted by molar-refractivity contribution is -0.144. The minimum atomic E-state index is -0.829. The van der Waals surface area contributed by atoms with Crippen LogP contribution in [-0.4, -0.2) is 65.1 Å². The summed E-state index contributed by atoms with van der Waals surface area (Å²) >= 11 is 0. The number of para-hydroxylation sites is 2. The van der Waals surface area contributed by atoms with Gasteiger partial charge in [0.2, 0.25) is 0 Å². The monoisotopic (exact) mass is 446 g/mol. The number of aromatic amines is 1. The van der Waals surface area contributed by atoms with Crippen molar-refractivity contribution in [2.75, 3.05) is 44.6 Å². The average molecular weight is 447 g/mol. The Morgan fingerprint density at radius 2 is 1.79 bits per heavy atom. The van der Waals surface area contributed by atoms with Gasteiger partial charge in [-0.3, -0.25) is 14.6 Å². The van der Waals surface area contributed by atoms with E-state index in [0.29, 0.717) is 25.2 Å². The summed E-state index contributed by atoms with van der Waals surface area (Å²) in [4.78, 5) is 31.5. The Labute approximate surface area is 190 Å². The quantitative estimate of drug-likeness (QED) is 0.375. The standard InChI is InChI=1S/C25H26N4O4/c30-23-15-21(18-6-2-4-8-22(18)33-23)26-9-10-28-11-13-29(14-12-28)24(25(31)32)19-16-27-20-7-3-1-5-17(19)20/h1-8,15-16,24,26-27H,9-14H2,(H,31,32). The summed E-state index contributed by atoms with van der Waals surface area (Å²) in [5.41, 5.74) is 2.72. The molecule has 8 nitrogen and oxygen atoms in total. The van der Waals surface area contributed by atoms with Gasteiger partial charge in [0.1, 0.15) is 11.6 Å². The highest BCUT2D eigenvalue weighted by Crippen LogP contribution is 2.29. The molecule has 1 fully saturated rings. The van der Waals surface area contributed by atoms with Gasteiger partial charge in [-0.05, 0) is 18.2 Å². The number of H-pyrrole nitrogens is 1. The van der Waals surface area contributed by atoms with Gasteiger partial charge in [-0.2, -0.15) is 0 Å². The Bertz CT molecular complexity index is 1340. The summed E-state index contributed by atoms with van der Waals surface area (Å²) in [6.07, 6.45) is 1.82. The van der Waals surface area contributed by atoms with Gasteiger partial charge in [0.15, 0.2) is 0 Å². The van der Waals surface area contributed by atoms with Crippen molar-refractivity contribution < 1.29 is 14.3 Å². The predicted octanol–water partition coefficient (Wildman–Crippen LogP) is 3.13. The van der Waals surface area contributed by atoms with E-state index in [4.69, 9.17) is 4.42 Å². The van der Waals surface area contributed by atoms with Crippen molar-refractivity contribution in [2.45, 2.75) is 6.04 Å². The molecule has 0 aliphatic carbocycles. The van der Waals surface area contributed by atoms with E-state index >= 15 is 0 Å². The van der Waals surface area contributed by atoms with E-state index in [1.807, 2.05) is 53.6 Å². The topological polar surface area (TPSA) is 102 Å². The number of carboxylic acids is 1. The number of fused-ring (bicyclic) bond motifs is 2. The van der Waals surface area contributed by atoms with Crippen LogP contribution < -0.4 is 10.9 Å². The number of nitrogens with zero attached hydrogens (tertiary/aromatic N) is 2. The second-order valence-corrected chi connectivity index (χ2v) is 8.31. The number of carboxylic acid groups (broad SMARTS) is 1. The fourth-order valence-corrected chi connectivity index (χ4v) is 4.66. The highest BCUT2D eigenvalue weighted by Gasteiger charge is 2.31. The van der Waals surface area contributed by atoms with Crippen molar-refractivity contribution in [3.05, 3.63) is 76.8 Å². The van der Waals surface area contributed by atoms with E-state index < -0.39 is 12.0 Å². The van der Waals surface area contributed by atoms with Crippen molar-refractivity contribution in [1.82, 2.24) is 14.8 Å². The first-order valence-electron chi connectivity index (χ1n) is 11.1. The number of carbonyl (C=O) groups is 1. The number of nitrogens with one attached hydrogen (secondary N) is 2. The summed E-state index contributed by atoms with van der Waals surface area (Å²) in [7, 11) is 0. The number of rotatable bonds is 7. The van der Waals surface area contributed by atoms with E-state index in [1.54, 1.807) is 6.07 Å². The molecule has 2 aromatic carbocycles. The van der Waals surface area contributed by atoms with Gasteiger partial charge >= 0.3 is 11.6 Å². The highest BCUT2D eigenvalue weighted by atomic mass is 16.4. The van der Waals surface area contributed by atoms with Crippen LogP contribution in [0.2, 0.25) is 0 Å². The predicted molar refractivity (Wildman–Crippen MR) is 128 cm³/mol. The van der Waals surface area contributed by atoms with Crippen molar-refractivity contribution in [3.8, 4) is 0 Å². The lowest BCUT2D eigenvalue weighted by atomic mass is 10.0. The number of aliphatic carboxylic acids is 1. The van der Waals surface area contributed by atoms with Crippen molar-refractivity contribution in [2.24, 2.45) is 0 Å². The Kier molecular flexibility index (Phi) is 5.85. The summed E-state index contributed by atoms with van der Waals surface area (Å²) in [5, 5.41) is 15.2. The van der Waals surface area contributed by atoms with Crippen LogP contribution in [-0.2, 0) is 4.79 Å². The van der Waals surface area contributed by atoms with Gasteiger partial charge in [0.25, 0.3) is 0 Å². The maximum absolute atomic E-state index is 12.2. The molecular weight excluding hydrogens is 420 g/mol. The summed E-state index contributed by atoms with van der Waals surface area (Å²) in [6.45, 7) is 4.39. The molecule has 170 valence electrons. The van der Waals surface area contributed by atoms with Crippen LogP contribution in [0, 0.1) is 0 Å². The maximum atomic E-state index is 12.2. The van der Waals surface area contributed by atoms with Crippen LogP contribution in [0.25, 0.3) is 21.9 Å². The van der Waals surface area contributed by atoms with E-state index in [0.717, 1.165) is 47.2 Å². The van der Waals surface area contributed by atoms with E-state index in [9.17, 15) is 14.7 Å². The van der Waals surface area contributed by atoms with E-state index in [2.05, 4.69) is 15.2 Å². The van der Waals surface area contributed by atoms with Gasteiger partial charge in [-0.15, -0.1) is 0 Å². The van der Waals surface area contributed by atoms with Crippen molar-refractivity contribution in [1.29, 1.82) is 0 Å². The number of hydrogen-bond donors (Lipinski definition) is 3. The number of piperazine rings is 1. The zero-order chi connectivity index (χ0) is 22.8. The molecule has 3 N–H and O–H groups in total. The van der Waals surface area contributed by atoms with Crippen LogP contribution in [0.5, 0.6) is 0 Å². The molecule has 1 unspecified atom stereocenters. The zero-order valence-corrected chi connectivity index (χ0v) is 18.2. The second kappa shape index (κ2) is 9.09. The van der Waals surface area contributed by atoms with Crippen molar-refractivity contribution in [3.63, 3.8) is 0 Å². The molecule has 2 aromatic heterocycles. The molecule has 0 amide bonds. The molecule has 3 heterocycles. The van der Waals surface area contributed by atoms with Crippen LogP contribution >= 0.6 is 0 Å². The number of aromatic nitrogens is 1. The van der Waals surface area contributed by atoms with Gasteiger partial charge in [0.05, 0.1) is 5.69 Å². The molecule has 1 saturated heterocycles. The van der Waals surface area contributed by atoms with Crippen LogP contribution in [0.1, 0.15) is 11.6 Å². The van der Waals surface area contributed by atoms with Gasteiger partial charge in [-0.1, -0.05) is 30.3 Å². The van der Waals surface area contributed by atoms with Gasteiger partial charge in [0, 0.05) is 73.4 Å². The fourth-order valence-electron chi connectivity index (χ4n) is 4.66. The van der Waals surface area contributed by atoms with E-state index in [-0.39, 0.29) is 5.63 Å². The minimum Gasteiger partial charge on any atom is -0.480 e. The molecule has 0 radical (unpaired) electrons. The van der Waals surface area contributed by atoms with E-state index in [1.165, 1.54) is 6.07 Å².